The van der Waals surface area contributed by atoms with Gasteiger partial charge in [-0.3, -0.25) is 0 Å². The summed E-state index contributed by atoms with van der Waals surface area (Å²) < 4.78 is 16.0. The van der Waals surface area contributed by atoms with Crippen LogP contribution in [0.25, 0.3) is 0 Å². The first-order valence-electron chi connectivity index (χ1n) is 8.68. The molecule has 1 saturated heterocycles. The Morgan fingerprint density at radius 1 is 1.00 bits per heavy atom. The maximum Gasteiger partial charge on any atom is 0.321 e. The van der Waals surface area contributed by atoms with Crippen LogP contribution in [0.1, 0.15) is 0 Å². The summed E-state index contributed by atoms with van der Waals surface area (Å²) in [7, 11) is 4.62. The Labute approximate surface area is 158 Å². The average Bonchev–Trinajstić information content (AvgIpc) is 2.73. The van der Waals surface area contributed by atoms with Gasteiger partial charge in [-0.2, -0.15) is 0 Å². The molecule has 0 spiro atoms. The third kappa shape index (κ3) is 4.16. The molecular formula is C19H24N4O4. The second-order valence-electron chi connectivity index (χ2n) is 6.01. The summed E-state index contributed by atoms with van der Waals surface area (Å²) in [5.74, 6) is 2.41. The molecule has 0 atom stereocenters. The number of aromatic nitrogens is 1. The topological polar surface area (TPSA) is 76.2 Å². The number of hydrogen-bond acceptors (Lipinski definition) is 6. The van der Waals surface area contributed by atoms with Crippen molar-refractivity contribution in [3.63, 3.8) is 0 Å². The van der Waals surface area contributed by atoms with E-state index >= 15 is 0 Å². The van der Waals surface area contributed by atoms with E-state index in [0.29, 0.717) is 36.0 Å². The molecule has 1 aliphatic heterocycles. The highest BCUT2D eigenvalue weighted by molar-refractivity contribution is 5.90. The van der Waals surface area contributed by atoms with Crippen molar-refractivity contribution < 1.29 is 19.0 Å². The zero-order chi connectivity index (χ0) is 19.2. The zero-order valence-electron chi connectivity index (χ0n) is 15.8. The number of pyridine rings is 1. The van der Waals surface area contributed by atoms with Gasteiger partial charge in [-0.05, 0) is 12.1 Å². The van der Waals surface area contributed by atoms with Crippen molar-refractivity contribution in [2.75, 3.05) is 57.7 Å². The number of amides is 2. The molecule has 1 N–H and O–H groups in total. The molecule has 8 nitrogen and oxygen atoms in total. The van der Waals surface area contributed by atoms with E-state index in [9.17, 15) is 4.79 Å². The van der Waals surface area contributed by atoms with Crippen LogP contribution in [0, 0.1) is 0 Å². The minimum atomic E-state index is -0.162. The van der Waals surface area contributed by atoms with Crippen molar-refractivity contribution in [3.8, 4) is 17.2 Å². The third-order valence-corrected chi connectivity index (χ3v) is 4.46. The normalized spacial score (nSPS) is 13.9. The van der Waals surface area contributed by atoms with Crippen molar-refractivity contribution in [3.05, 3.63) is 36.5 Å². The fourth-order valence-electron chi connectivity index (χ4n) is 3.04. The van der Waals surface area contributed by atoms with Crippen LogP contribution in [-0.2, 0) is 0 Å². The summed E-state index contributed by atoms with van der Waals surface area (Å²) in [6, 6.07) is 9.10. The lowest BCUT2D eigenvalue weighted by Gasteiger charge is -2.35. The molecule has 0 radical (unpaired) electrons. The summed E-state index contributed by atoms with van der Waals surface area (Å²) >= 11 is 0. The number of piperazine rings is 1. The highest BCUT2D eigenvalue weighted by Gasteiger charge is 2.22. The van der Waals surface area contributed by atoms with E-state index in [1.54, 1.807) is 44.6 Å². The van der Waals surface area contributed by atoms with Gasteiger partial charge in [-0.1, -0.05) is 6.07 Å². The van der Waals surface area contributed by atoms with Crippen LogP contribution in [0.15, 0.2) is 36.5 Å². The molecule has 27 heavy (non-hydrogen) atoms. The molecule has 0 aliphatic carbocycles. The summed E-state index contributed by atoms with van der Waals surface area (Å²) in [6.45, 7) is 2.71. The Bertz CT molecular complexity index is 752. The minimum absolute atomic E-state index is 0.162. The minimum Gasteiger partial charge on any atom is -0.493 e. The molecule has 0 bridgehead atoms. The van der Waals surface area contributed by atoms with Crippen LogP contribution in [0.2, 0.25) is 0 Å². The number of carbonyl (C=O) groups is 1. The van der Waals surface area contributed by atoms with Crippen LogP contribution in [0.3, 0.4) is 0 Å². The number of nitrogens with one attached hydrogen (secondary N) is 1. The van der Waals surface area contributed by atoms with E-state index in [1.807, 2.05) is 18.2 Å². The van der Waals surface area contributed by atoms with Crippen LogP contribution in [0.4, 0.5) is 16.3 Å². The number of hydrogen-bond donors (Lipinski definition) is 1. The Morgan fingerprint density at radius 3 is 2.19 bits per heavy atom. The molecule has 2 amide bonds. The van der Waals surface area contributed by atoms with E-state index in [4.69, 9.17) is 14.2 Å². The molecule has 8 heteroatoms. The summed E-state index contributed by atoms with van der Waals surface area (Å²) in [4.78, 5) is 20.9. The number of nitrogens with zero attached hydrogens (tertiary/aromatic N) is 3. The molecule has 3 rings (SSSR count). The van der Waals surface area contributed by atoms with Crippen molar-refractivity contribution in [1.82, 2.24) is 9.88 Å². The quantitative estimate of drug-likeness (QED) is 0.869. The lowest BCUT2D eigenvalue weighted by atomic mass is 10.2. The average molecular weight is 372 g/mol. The van der Waals surface area contributed by atoms with Crippen molar-refractivity contribution in [1.29, 1.82) is 0 Å². The van der Waals surface area contributed by atoms with Crippen molar-refractivity contribution in [2.45, 2.75) is 0 Å². The second kappa shape index (κ2) is 8.48. The molecule has 1 aromatic heterocycles. The van der Waals surface area contributed by atoms with Crippen LogP contribution in [0.5, 0.6) is 17.2 Å². The molecular weight excluding hydrogens is 348 g/mol. The number of rotatable bonds is 5. The second-order valence-corrected chi connectivity index (χ2v) is 6.01. The third-order valence-electron chi connectivity index (χ3n) is 4.46. The fourth-order valence-corrected chi connectivity index (χ4v) is 3.04. The fraction of sp³-hybridized carbons (Fsp3) is 0.368. The van der Waals surface area contributed by atoms with Gasteiger partial charge in [0.2, 0.25) is 5.75 Å². The van der Waals surface area contributed by atoms with E-state index in [2.05, 4.69) is 15.2 Å². The SMILES string of the molecule is COc1cc(NC(=O)N2CCN(c3ccccn3)CC2)cc(OC)c1OC. The van der Waals surface area contributed by atoms with Gasteiger partial charge in [-0.15, -0.1) is 0 Å². The molecule has 0 saturated carbocycles. The number of benzene rings is 1. The van der Waals surface area contributed by atoms with Crippen molar-refractivity contribution >= 4 is 17.5 Å². The maximum absolute atomic E-state index is 12.6. The number of carbonyl (C=O) groups excluding carboxylic acids is 1. The number of urea groups is 1. The van der Waals surface area contributed by atoms with Gasteiger partial charge in [0.15, 0.2) is 11.5 Å². The summed E-state index contributed by atoms with van der Waals surface area (Å²) in [6.07, 6.45) is 1.78. The monoisotopic (exact) mass is 372 g/mol. The maximum atomic E-state index is 12.6. The summed E-state index contributed by atoms with van der Waals surface area (Å²) in [5, 5.41) is 2.90. The molecule has 1 fully saturated rings. The lowest BCUT2D eigenvalue weighted by molar-refractivity contribution is 0.208. The smallest absolute Gasteiger partial charge is 0.321 e. The van der Waals surface area contributed by atoms with Crippen LogP contribution in [-0.4, -0.2) is 63.4 Å². The molecule has 1 aliphatic rings. The van der Waals surface area contributed by atoms with Gasteiger partial charge < -0.3 is 29.3 Å². The van der Waals surface area contributed by atoms with E-state index in [1.165, 1.54) is 0 Å². The number of methoxy groups -OCH3 is 3. The van der Waals surface area contributed by atoms with Gasteiger partial charge in [0.05, 0.1) is 27.0 Å². The summed E-state index contributed by atoms with van der Waals surface area (Å²) in [5.41, 5.74) is 0.585. The first-order chi connectivity index (χ1) is 13.2. The number of ether oxygens (including phenoxy) is 3. The lowest BCUT2D eigenvalue weighted by Crippen LogP contribution is -2.50. The van der Waals surface area contributed by atoms with Gasteiger partial charge in [-0.25, -0.2) is 9.78 Å². The predicted octanol–water partition coefficient (Wildman–Crippen LogP) is 2.46. The Hall–Kier alpha value is -3.16. The van der Waals surface area contributed by atoms with Gasteiger partial charge in [0.1, 0.15) is 5.82 Å². The zero-order valence-corrected chi connectivity index (χ0v) is 15.8. The van der Waals surface area contributed by atoms with Gasteiger partial charge in [0.25, 0.3) is 0 Å². The van der Waals surface area contributed by atoms with Crippen LogP contribution < -0.4 is 24.4 Å². The predicted molar refractivity (Wildman–Crippen MR) is 103 cm³/mol. The Balaban J connectivity index is 1.64. The van der Waals surface area contributed by atoms with Gasteiger partial charge >= 0.3 is 6.03 Å². The van der Waals surface area contributed by atoms with E-state index in [-0.39, 0.29) is 6.03 Å². The molecule has 2 aromatic rings. The molecule has 0 unspecified atom stereocenters. The largest absolute Gasteiger partial charge is 0.493 e. The standard InChI is InChI=1S/C19H24N4O4/c1-25-15-12-14(13-16(26-2)18(15)27-3)21-19(24)23-10-8-22(9-11-23)17-6-4-5-7-20-17/h4-7,12-13H,8-11H2,1-3H3,(H,21,24). The van der Waals surface area contributed by atoms with E-state index in [0.717, 1.165) is 18.9 Å². The number of anilines is 2. The first kappa shape index (κ1) is 18.6. The van der Waals surface area contributed by atoms with Gasteiger partial charge in [0, 0.05) is 44.5 Å². The molecule has 1 aromatic carbocycles. The Kier molecular flexibility index (Phi) is 5.85. The van der Waals surface area contributed by atoms with Crippen LogP contribution >= 0.6 is 0 Å². The molecule has 144 valence electrons. The first-order valence-corrected chi connectivity index (χ1v) is 8.68. The van der Waals surface area contributed by atoms with Crippen molar-refractivity contribution in [2.24, 2.45) is 0 Å². The highest BCUT2D eigenvalue weighted by Crippen LogP contribution is 2.40. The highest BCUT2D eigenvalue weighted by atomic mass is 16.5. The Morgan fingerprint density at radius 2 is 1.67 bits per heavy atom. The van der Waals surface area contributed by atoms with E-state index < -0.39 is 0 Å². The molecule has 2 heterocycles.